The Kier molecular flexibility index (Phi) is 8.22. The van der Waals surface area contributed by atoms with Crippen LogP contribution in [0.15, 0.2) is 85.6 Å². The number of benzene rings is 3. The first-order valence-electron chi connectivity index (χ1n) is 13.1. The number of aromatic nitrogens is 2. The molecule has 3 aromatic carbocycles. The third-order valence-electron chi connectivity index (χ3n) is 6.57. The minimum atomic E-state index is -0.306. The van der Waals surface area contributed by atoms with Gasteiger partial charge in [0.25, 0.3) is 0 Å². The maximum atomic E-state index is 12.0. The zero-order valence-electron chi connectivity index (χ0n) is 22.6. The summed E-state index contributed by atoms with van der Waals surface area (Å²) < 4.78 is 11.2. The van der Waals surface area contributed by atoms with E-state index in [0.29, 0.717) is 47.5 Å². The van der Waals surface area contributed by atoms with Crippen LogP contribution in [0, 0.1) is 6.92 Å². The topological polar surface area (TPSA) is 101 Å². The molecule has 9 nitrogen and oxygen atoms in total. The predicted octanol–water partition coefficient (Wildman–Crippen LogP) is 5.91. The van der Waals surface area contributed by atoms with Crippen molar-refractivity contribution < 1.29 is 14.3 Å². The molecule has 1 aromatic heterocycles. The number of amides is 1. The molecule has 1 aliphatic heterocycles. The summed E-state index contributed by atoms with van der Waals surface area (Å²) in [5.74, 6) is 0.717. The highest BCUT2D eigenvalue weighted by Gasteiger charge is 2.18. The van der Waals surface area contributed by atoms with Crippen LogP contribution in [-0.4, -0.2) is 49.3 Å². The van der Waals surface area contributed by atoms with Crippen molar-refractivity contribution in [1.82, 2.24) is 9.97 Å². The number of hydrogen-bond donors (Lipinski definition) is 3. The number of methoxy groups -OCH3 is 1. The SMILES string of the molecule is C=CC(=O)Nc1ccc(OC)c(-c2nc(Nc3ccc(C)c(N4CCOCC4)c3)ncc2Nc2ccccc2)c1. The maximum Gasteiger partial charge on any atom is 0.247 e. The second kappa shape index (κ2) is 12.3. The van der Waals surface area contributed by atoms with Gasteiger partial charge in [0, 0.05) is 41.4 Å². The Morgan fingerprint density at radius 1 is 1.00 bits per heavy atom. The summed E-state index contributed by atoms with van der Waals surface area (Å²) in [6.45, 7) is 8.78. The van der Waals surface area contributed by atoms with Crippen LogP contribution >= 0.6 is 0 Å². The normalized spacial score (nSPS) is 12.9. The summed E-state index contributed by atoms with van der Waals surface area (Å²) >= 11 is 0. The fraction of sp³-hybridized carbons (Fsp3) is 0.194. The molecule has 0 atom stereocenters. The Hall–Kier alpha value is -4.89. The van der Waals surface area contributed by atoms with Gasteiger partial charge in [-0.05, 0) is 61.0 Å². The van der Waals surface area contributed by atoms with Crippen molar-refractivity contribution in [1.29, 1.82) is 0 Å². The molecule has 0 bridgehead atoms. The second-order valence-corrected chi connectivity index (χ2v) is 9.28. The van der Waals surface area contributed by atoms with Crippen molar-refractivity contribution in [2.45, 2.75) is 6.92 Å². The first-order chi connectivity index (χ1) is 19.5. The molecular formula is C31H32N6O3. The highest BCUT2D eigenvalue weighted by Crippen LogP contribution is 2.37. The van der Waals surface area contributed by atoms with Gasteiger partial charge in [0.2, 0.25) is 11.9 Å². The molecule has 1 fully saturated rings. The molecule has 9 heteroatoms. The molecule has 4 aromatic rings. The van der Waals surface area contributed by atoms with Crippen molar-refractivity contribution in [3.05, 3.63) is 91.1 Å². The molecule has 40 heavy (non-hydrogen) atoms. The number of carbonyl (C=O) groups excluding carboxylic acids is 1. The molecule has 1 aliphatic rings. The lowest BCUT2D eigenvalue weighted by Gasteiger charge is -2.30. The van der Waals surface area contributed by atoms with Crippen molar-refractivity contribution in [2.75, 3.05) is 54.3 Å². The van der Waals surface area contributed by atoms with E-state index in [4.69, 9.17) is 14.5 Å². The predicted molar refractivity (Wildman–Crippen MR) is 160 cm³/mol. The van der Waals surface area contributed by atoms with Gasteiger partial charge in [0.05, 0.1) is 32.2 Å². The van der Waals surface area contributed by atoms with Crippen molar-refractivity contribution in [2.24, 2.45) is 0 Å². The Balaban J connectivity index is 1.54. The zero-order valence-corrected chi connectivity index (χ0v) is 22.6. The fourth-order valence-corrected chi connectivity index (χ4v) is 4.54. The lowest BCUT2D eigenvalue weighted by molar-refractivity contribution is -0.111. The molecule has 0 spiro atoms. The lowest BCUT2D eigenvalue weighted by atomic mass is 10.1. The molecular weight excluding hydrogens is 504 g/mol. The molecule has 1 amide bonds. The molecule has 1 saturated heterocycles. The number of anilines is 6. The third kappa shape index (κ3) is 6.22. The van der Waals surface area contributed by atoms with E-state index in [9.17, 15) is 4.79 Å². The number of nitrogens with one attached hydrogen (secondary N) is 3. The average molecular weight is 537 g/mol. The number of ether oxygens (including phenoxy) is 2. The van der Waals surface area contributed by atoms with Crippen LogP contribution < -0.4 is 25.6 Å². The molecule has 0 aliphatic carbocycles. The zero-order chi connectivity index (χ0) is 27.9. The van der Waals surface area contributed by atoms with Gasteiger partial charge in [-0.2, -0.15) is 0 Å². The smallest absolute Gasteiger partial charge is 0.247 e. The van der Waals surface area contributed by atoms with Gasteiger partial charge < -0.3 is 30.3 Å². The Bertz CT molecular complexity index is 1500. The van der Waals surface area contributed by atoms with E-state index in [0.717, 1.165) is 30.2 Å². The van der Waals surface area contributed by atoms with E-state index in [2.05, 4.69) is 51.5 Å². The van der Waals surface area contributed by atoms with Gasteiger partial charge in [0.1, 0.15) is 11.4 Å². The highest BCUT2D eigenvalue weighted by molar-refractivity contribution is 5.99. The Morgan fingerprint density at radius 2 is 1.77 bits per heavy atom. The molecule has 0 unspecified atom stereocenters. The summed E-state index contributed by atoms with van der Waals surface area (Å²) in [5, 5.41) is 9.60. The van der Waals surface area contributed by atoms with Crippen LogP contribution in [0.25, 0.3) is 11.3 Å². The monoisotopic (exact) mass is 536 g/mol. The van der Waals surface area contributed by atoms with E-state index < -0.39 is 0 Å². The third-order valence-corrected chi connectivity index (χ3v) is 6.57. The van der Waals surface area contributed by atoms with Gasteiger partial charge >= 0.3 is 0 Å². The van der Waals surface area contributed by atoms with Crippen LogP contribution in [0.1, 0.15) is 5.56 Å². The van der Waals surface area contributed by atoms with Crippen molar-refractivity contribution in [3.8, 4) is 17.0 Å². The summed E-state index contributed by atoms with van der Waals surface area (Å²) in [6, 6.07) is 21.4. The average Bonchev–Trinajstić information content (AvgIpc) is 2.99. The quantitative estimate of drug-likeness (QED) is 0.227. The number of hydrogen-bond acceptors (Lipinski definition) is 8. The Morgan fingerprint density at radius 3 is 2.52 bits per heavy atom. The Labute approximate surface area is 233 Å². The minimum Gasteiger partial charge on any atom is -0.496 e. The van der Waals surface area contributed by atoms with Crippen LogP contribution in [0.4, 0.5) is 34.4 Å². The number of carbonyl (C=O) groups is 1. The number of rotatable bonds is 9. The molecule has 5 rings (SSSR count). The van der Waals surface area contributed by atoms with Crippen LogP contribution in [-0.2, 0) is 9.53 Å². The summed E-state index contributed by atoms with van der Waals surface area (Å²) in [5.41, 5.74) is 6.67. The summed E-state index contributed by atoms with van der Waals surface area (Å²) in [7, 11) is 1.60. The maximum absolute atomic E-state index is 12.0. The second-order valence-electron chi connectivity index (χ2n) is 9.28. The highest BCUT2D eigenvalue weighted by atomic mass is 16.5. The van der Waals surface area contributed by atoms with E-state index >= 15 is 0 Å². The molecule has 0 saturated carbocycles. The van der Waals surface area contributed by atoms with E-state index in [1.165, 1.54) is 11.6 Å². The largest absolute Gasteiger partial charge is 0.496 e. The first kappa shape index (κ1) is 26.7. The number of nitrogens with zero attached hydrogens (tertiary/aromatic N) is 3. The lowest BCUT2D eigenvalue weighted by Crippen LogP contribution is -2.36. The molecule has 2 heterocycles. The van der Waals surface area contributed by atoms with Gasteiger partial charge in [-0.15, -0.1) is 0 Å². The molecule has 0 radical (unpaired) electrons. The number of aryl methyl sites for hydroxylation is 1. The summed E-state index contributed by atoms with van der Waals surface area (Å²) in [6.07, 6.45) is 2.97. The van der Waals surface area contributed by atoms with Gasteiger partial charge in [-0.3, -0.25) is 4.79 Å². The van der Waals surface area contributed by atoms with Crippen LogP contribution in [0.3, 0.4) is 0 Å². The van der Waals surface area contributed by atoms with Crippen molar-refractivity contribution in [3.63, 3.8) is 0 Å². The van der Waals surface area contributed by atoms with Crippen LogP contribution in [0.5, 0.6) is 5.75 Å². The van der Waals surface area contributed by atoms with Crippen LogP contribution in [0.2, 0.25) is 0 Å². The first-order valence-corrected chi connectivity index (χ1v) is 13.1. The number of morpholine rings is 1. The van der Waals surface area contributed by atoms with Gasteiger partial charge in [-0.1, -0.05) is 30.8 Å². The fourth-order valence-electron chi connectivity index (χ4n) is 4.54. The van der Waals surface area contributed by atoms with Crippen molar-refractivity contribution >= 4 is 40.3 Å². The number of para-hydroxylation sites is 1. The summed E-state index contributed by atoms with van der Waals surface area (Å²) in [4.78, 5) is 23.9. The van der Waals surface area contributed by atoms with Gasteiger partial charge in [0.15, 0.2) is 0 Å². The molecule has 3 N–H and O–H groups in total. The van der Waals surface area contributed by atoms with E-state index in [-0.39, 0.29) is 5.91 Å². The van der Waals surface area contributed by atoms with Gasteiger partial charge in [-0.25, -0.2) is 9.97 Å². The molecule has 204 valence electrons. The van der Waals surface area contributed by atoms with E-state index in [1.807, 2.05) is 42.5 Å². The standard InChI is InChI=1S/C31H32N6O3/c1-4-29(38)34-23-12-13-28(39-3)25(18-23)30-26(33-22-8-6-5-7-9-22)20-32-31(36-30)35-24-11-10-21(2)27(19-24)37-14-16-40-17-15-37/h4-13,18-20,33H,1,14-17H2,2-3H3,(H,34,38)(H,32,35,36). The minimum absolute atomic E-state index is 0.306. The van der Waals surface area contributed by atoms with E-state index in [1.54, 1.807) is 25.4 Å².